The van der Waals surface area contributed by atoms with Crippen LogP contribution < -0.4 is 14.7 Å². The predicted octanol–water partition coefficient (Wildman–Crippen LogP) is 30.3. The molecule has 16 aromatic carbocycles. The first-order valence-electron chi connectivity index (χ1n) is 39.0. The van der Waals surface area contributed by atoms with Gasteiger partial charge in [0.05, 0.1) is 44.9 Å². The topological polar surface area (TPSA) is 62.3 Å². The number of furan rings is 4. The van der Waals surface area contributed by atoms with Crippen molar-refractivity contribution in [1.82, 2.24) is 0 Å². The van der Waals surface area contributed by atoms with E-state index in [4.69, 9.17) is 17.7 Å². The molecule has 0 radical (unpaired) electrons. The van der Waals surface area contributed by atoms with E-state index in [9.17, 15) is 0 Å². The number of hydrogen-bond acceptors (Lipinski definition) is 7. The van der Waals surface area contributed by atoms with Gasteiger partial charge in [0.25, 0.3) is 0 Å². The van der Waals surface area contributed by atoms with Gasteiger partial charge in [-0.05, 0) is 163 Å². The van der Waals surface area contributed by atoms with Gasteiger partial charge < -0.3 is 32.4 Å². The summed E-state index contributed by atoms with van der Waals surface area (Å²) in [7, 11) is 0. The third-order valence-corrected chi connectivity index (χ3v) is 23.8. The fourth-order valence-corrected chi connectivity index (χ4v) is 18.3. The van der Waals surface area contributed by atoms with Crippen molar-refractivity contribution < 1.29 is 17.7 Å². The Labute approximate surface area is 650 Å². The molecule has 20 aromatic rings. The lowest BCUT2D eigenvalue weighted by Gasteiger charge is -2.37. The van der Waals surface area contributed by atoms with Crippen molar-refractivity contribution in [2.75, 3.05) is 14.7 Å². The maximum absolute atomic E-state index is 7.94. The lowest BCUT2D eigenvalue weighted by atomic mass is 9.67. The van der Waals surface area contributed by atoms with Crippen LogP contribution in [-0.2, 0) is 21.7 Å². The molecule has 540 valence electrons. The van der Waals surface area contributed by atoms with E-state index in [1.165, 1.54) is 16.7 Å². The van der Waals surface area contributed by atoms with Gasteiger partial charge in [0, 0.05) is 76.7 Å². The van der Waals surface area contributed by atoms with E-state index in [1.54, 1.807) is 0 Å². The molecule has 1 aliphatic rings. The number of anilines is 9. The SMILES string of the molecule is CC(C)(C)c1ccc(N(c2ccc(C(C)(C)C)cc2)c2ccc(C3(c4ccc(C(C)(C)C)cc4)c4cc(N(c5cccc6ccccc56)c5cccc6c5oc5ccccc56)c5c(oc6ccccc65)c4-c4c3cc(N(c3cccc5ccccc35)c3cccc5c3oc3ccccc35)c3oc5ccccc5c43)cc2)cc1. The molecule has 0 fully saturated rings. The van der Waals surface area contributed by atoms with E-state index in [2.05, 4.69) is 405 Å². The third-order valence-electron chi connectivity index (χ3n) is 23.8. The molecule has 7 heteroatoms. The summed E-state index contributed by atoms with van der Waals surface area (Å²) < 4.78 is 30.2. The van der Waals surface area contributed by atoms with Crippen LogP contribution >= 0.6 is 0 Å². The predicted molar refractivity (Wildman–Crippen MR) is 468 cm³/mol. The van der Waals surface area contributed by atoms with Crippen molar-refractivity contribution in [2.45, 2.75) is 84.0 Å². The normalized spacial score (nSPS) is 14.0. The summed E-state index contributed by atoms with van der Waals surface area (Å²) in [4.78, 5) is 7.33. The van der Waals surface area contributed by atoms with E-state index in [0.717, 1.165) is 188 Å². The molecule has 0 spiro atoms. The second-order valence-electron chi connectivity index (χ2n) is 33.5. The van der Waals surface area contributed by atoms with Crippen molar-refractivity contribution in [3.8, 4) is 11.1 Å². The molecular formula is C105H81N3O4. The molecule has 1 unspecified atom stereocenters. The van der Waals surface area contributed by atoms with E-state index in [0.29, 0.717) is 5.58 Å². The minimum absolute atomic E-state index is 0.0476. The minimum Gasteiger partial charge on any atom is -0.455 e. The zero-order valence-corrected chi connectivity index (χ0v) is 64.2. The van der Waals surface area contributed by atoms with Crippen LogP contribution in [0.15, 0.2) is 345 Å². The number of rotatable bonds is 11. The van der Waals surface area contributed by atoms with E-state index in [-0.39, 0.29) is 16.2 Å². The Morgan fingerprint density at radius 1 is 0.232 bits per heavy atom. The molecule has 21 rings (SSSR count). The van der Waals surface area contributed by atoms with Crippen molar-refractivity contribution in [2.24, 2.45) is 0 Å². The van der Waals surface area contributed by atoms with Gasteiger partial charge in [-0.25, -0.2) is 0 Å². The zero-order valence-electron chi connectivity index (χ0n) is 64.2. The molecule has 0 bridgehead atoms. The van der Waals surface area contributed by atoms with Crippen LogP contribution in [0.3, 0.4) is 0 Å². The van der Waals surface area contributed by atoms with E-state index >= 15 is 0 Å². The van der Waals surface area contributed by atoms with Crippen LogP contribution in [-0.4, -0.2) is 0 Å². The molecule has 1 atom stereocenters. The van der Waals surface area contributed by atoms with Gasteiger partial charge in [-0.15, -0.1) is 0 Å². The Morgan fingerprint density at radius 2 is 0.554 bits per heavy atom. The van der Waals surface area contributed by atoms with Crippen molar-refractivity contribution in [3.05, 3.63) is 367 Å². The van der Waals surface area contributed by atoms with Crippen LogP contribution in [0.4, 0.5) is 51.2 Å². The van der Waals surface area contributed by atoms with Gasteiger partial charge >= 0.3 is 0 Å². The highest BCUT2D eigenvalue weighted by Crippen LogP contribution is 2.66. The largest absolute Gasteiger partial charge is 0.455 e. The summed E-state index contributed by atoms with van der Waals surface area (Å²) in [5.41, 5.74) is 23.3. The molecule has 4 heterocycles. The number of fused-ring (bicyclic) bond motifs is 19. The van der Waals surface area contributed by atoms with E-state index < -0.39 is 5.41 Å². The van der Waals surface area contributed by atoms with Crippen LogP contribution in [0, 0.1) is 0 Å². The summed E-state index contributed by atoms with van der Waals surface area (Å²) in [6.45, 7) is 20.6. The fourth-order valence-electron chi connectivity index (χ4n) is 18.3. The van der Waals surface area contributed by atoms with Crippen LogP contribution in [0.25, 0.3) is 120 Å². The first kappa shape index (κ1) is 66.8. The molecule has 1 aliphatic carbocycles. The van der Waals surface area contributed by atoms with Crippen LogP contribution in [0.5, 0.6) is 0 Å². The molecule has 7 nitrogen and oxygen atoms in total. The highest BCUT2D eigenvalue weighted by molar-refractivity contribution is 6.27. The number of benzene rings is 16. The Kier molecular flexibility index (Phi) is 14.8. The van der Waals surface area contributed by atoms with Gasteiger partial charge in [-0.3, -0.25) is 0 Å². The molecule has 112 heavy (non-hydrogen) atoms. The van der Waals surface area contributed by atoms with Gasteiger partial charge in [0.15, 0.2) is 16.7 Å². The van der Waals surface area contributed by atoms with Gasteiger partial charge in [0.2, 0.25) is 0 Å². The van der Waals surface area contributed by atoms with Crippen molar-refractivity contribution in [1.29, 1.82) is 0 Å². The zero-order chi connectivity index (χ0) is 75.7. The number of para-hydroxylation sites is 6. The Bertz CT molecular complexity index is 7130. The van der Waals surface area contributed by atoms with Crippen LogP contribution in [0.1, 0.15) is 101 Å². The Hall–Kier alpha value is -13.4. The number of nitrogens with zero attached hydrogens (tertiary/aromatic N) is 3. The highest BCUT2D eigenvalue weighted by Gasteiger charge is 2.51. The second kappa shape index (κ2) is 24.8. The number of hydrogen-bond donors (Lipinski definition) is 0. The van der Waals surface area contributed by atoms with Crippen molar-refractivity contribution >= 4 is 160 Å². The molecule has 4 aromatic heterocycles. The van der Waals surface area contributed by atoms with Gasteiger partial charge in [-0.2, -0.15) is 0 Å². The van der Waals surface area contributed by atoms with Crippen molar-refractivity contribution in [3.63, 3.8) is 0 Å². The lowest BCUT2D eigenvalue weighted by molar-refractivity contribution is 0.589. The highest BCUT2D eigenvalue weighted by atomic mass is 16.3. The lowest BCUT2D eigenvalue weighted by Crippen LogP contribution is -2.29. The first-order chi connectivity index (χ1) is 54.4. The molecule has 0 amide bonds. The summed E-state index contributed by atoms with van der Waals surface area (Å²) >= 11 is 0. The maximum Gasteiger partial charge on any atom is 0.160 e. The molecule has 0 saturated carbocycles. The maximum atomic E-state index is 7.94. The third kappa shape index (κ3) is 10.2. The Balaban J connectivity index is 0.952. The summed E-state index contributed by atoms with van der Waals surface area (Å²) in [5, 5.41) is 12.4. The summed E-state index contributed by atoms with van der Waals surface area (Å²) in [6, 6.07) is 121. The van der Waals surface area contributed by atoms with Gasteiger partial charge in [-0.1, -0.05) is 293 Å². The monoisotopic (exact) mass is 1450 g/mol. The molecule has 0 N–H and O–H groups in total. The second-order valence-corrected chi connectivity index (χ2v) is 33.5. The Morgan fingerprint density at radius 3 is 1.03 bits per heavy atom. The molecule has 0 aliphatic heterocycles. The first-order valence-corrected chi connectivity index (χ1v) is 39.0. The molecule has 0 saturated heterocycles. The summed E-state index contributed by atoms with van der Waals surface area (Å²) in [6.07, 6.45) is 0. The van der Waals surface area contributed by atoms with Crippen LogP contribution in [0.2, 0.25) is 0 Å². The van der Waals surface area contributed by atoms with E-state index in [1.807, 2.05) is 0 Å². The quantitative estimate of drug-likeness (QED) is 0.128. The standard InChI is InChI=1S/C105H81N3O4/c1-102(2,3)66-46-48-69(49-47-66)105(70-54-60-73(61-55-70)106(71-56-50-67(51-57-71)103(4,5)6)72-58-52-68(53-59-72)104(7,8)9)82-63-89(108(85-39-23-29-65-27-11-13-31-75(65)85)87-41-25-37-79-77-33-15-19-43-91(77)110-99(79)87)100-95(81-35-17-21-45-93(81)111-100)96(82)97-83(105)62-88(94-80-34-16-20-44-92(80)112-101(94)97)107(84-38-22-28-64-26-10-12-30-74(64)84)86-40-24-36-78-76-32-14-18-42-90(76)109-98(78)86/h10-63H,1-9H3. The smallest absolute Gasteiger partial charge is 0.160 e. The minimum atomic E-state index is -1.18. The fraction of sp³-hybridized carbons (Fsp3) is 0.124. The molecular weight excluding hydrogens is 1370 g/mol. The average molecular weight is 1450 g/mol. The van der Waals surface area contributed by atoms with Gasteiger partial charge in [0.1, 0.15) is 27.9 Å². The summed E-state index contributed by atoms with van der Waals surface area (Å²) in [5.74, 6) is 0. The average Bonchev–Trinajstić information content (AvgIpc) is 1.49.